The van der Waals surface area contributed by atoms with Gasteiger partial charge in [0.25, 0.3) is 0 Å². The molecule has 3 unspecified atom stereocenters. The predicted octanol–water partition coefficient (Wildman–Crippen LogP) is 5.97. The lowest BCUT2D eigenvalue weighted by Crippen LogP contribution is -2.40. The zero-order valence-electron chi connectivity index (χ0n) is 14.4. The van der Waals surface area contributed by atoms with Crippen molar-refractivity contribution in [1.29, 1.82) is 0 Å². The maximum absolute atomic E-state index is 13.3. The smallest absolute Gasteiger partial charge is 0.156 e. The summed E-state index contributed by atoms with van der Waals surface area (Å²) in [5.74, 6) is 0.0404. The summed E-state index contributed by atoms with van der Waals surface area (Å²) in [4.78, 5) is 0.856. The Morgan fingerprint density at radius 3 is 2.60 bits per heavy atom. The largest absolute Gasteiger partial charge is 0.611 e. The normalized spacial score (nSPS) is 23.9. The molecule has 2 aromatic carbocycles. The highest BCUT2D eigenvalue weighted by Crippen LogP contribution is 2.38. The number of halogens is 1. The molecule has 0 aliphatic heterocycles. The Morgan fingerprint density at radius 2 is 1.88 bits per heavy atom. The molecule has 0 fully saturated rings. The van der Waals surface area contributed by atoms with Gasteiger partial charge >= 0.3 is 0 Å². The van der Waals surface area contributed by atoms with Gasteiger partial charge < -0.3 is 4.55 Å². The predicted molar refractivity (Wildman–Crippen MR) is 108 cm³/mol. The first kappa shape index (κ1) is 18.1. The van der Waals surface area contributed by atoms with Crippen molar-refractivity contribution in [3.63, 3.8) is 0 Å². The van der Waals surface area contributed by atoms with Gasteiger partial charge in [0.1, 0.15) is 0 Å². The third-order valence-electron chi connectivity index (χ3n) is 4.50. The SMILES string of the molecule is Cc1ccc([S+]([O-])C2(C)C=CC=CC2/C=C/c2cccc(Cl)c2)cc1. The van der Waals surface area contributed by atoms with Crippen LogP contribution < -0.4 is 0 Å². The molecule has 128 valence electrons. The molecule has 0 radical (unpaired) electrons. The van der Waals surface area contributed by atoms with E-state index in [4.69, 9.17) is 11.6 Å². The fraction of sp³-hybridized carbons (Fsp3) is 0.182. The van der Waals surface area contributed by atoms with Crippen LogP contribution in [0.2, 0.25) is 5.02 Å². The Kier molecular flexibility index (Phi) is 5.53. The number of aryl methyl sites for hydroxylation is 1. The van der Waals surface area contributed by atoms with Crippen LogP contribution in [0.1, 0.15) is 18.1 Å². The summed E-state index contributed by atoms with van der Waals surface area (Å²) in [5.41, 5.74) is 2.21. The average molecular weight is 369 g/mol. The molecule has 0 heterocycles. The Morgan fingerprint density at radius 1 is 1.12 bits per heavy atom. The van der Waals surface area contributed by atoms with Gasteiger partial charge in [0.15, 0.2) is 9.64 Å². The number of allylic oxidation sites excluding steroid dienone is 4. The van der Waals surface area contributed by atoms with Crippen molar-refractivity contribution >= 4 is 28.9 Å². The number of rotatable bonds is 4. The number of hydrogen-bond acceptors (Lipinski definition) is 1. The summed E-state index contributed by atoms with van der Waals surface area (Å²) >= 11 is 4.91. The standard InChI is InChI=1S/C22H21ClOS/c1-17-9-13-21(14-10-17)25(24)22(2)15-4-3-7-19(22)12-11-18-6-5-8-20(23)16-18/h3-16,19H,1-2H3/b12-11+. The fourth-order valence-corrected chi connectivity index (χ4v) is 4.61. The van der Waals surface area contributed by atoms with Crippen LogP contribution in [0, 0.1) is 12.8 Å². The molecule has 3 rings (SSSR count). The third kappa shape index (κ3) is 4.09. The van der Waals surface area contributed by atoms with Crippen molar-refractivity contribution in [2.75, 3.05) is 0 Å². The minimum Gasteiger partial charge on any atom is -0.611 e. The molecule has 0 amide bonds. The Bertz CT molecular complexity index is 822. The first-order valence-electron chi connectivity index (χ1n) is 8.27. The monoisotopic (exact) mass is 368 g/mol. The van der Waals surface area contributed by atoms with Crippen molar-refractivity contribution < 1.29 is 4.55 Å². The van der Waals surface area contributed by atoms with Gasteiger partial charge in [-0.1, -0.05) is 71.8 Å². The first-order chi connectivity index (χ1) is 12.0. The van der Waals surface area contributed by atoms with Gasteiger partial charge in [-0.05, 0) is 60.9 Å². The molecular weight excluding hydrogens is 348 g/mol. The van der Waals surface area contributed by atoms with Gasteiger partial charge in [-0.15, -0.1) is 0 Å². The van der Waals surface area contributed by atoms with Gasteiger partial charge in [-0.2, -0.15) is 0 Å². The molecule has 2 aromatic rings. The molecule has 0 saturated heterocycles. The van der Waals surface area contributed by atoms with Crippen LogP contribution in [-0.2, 0) is 11.2 Å². The van der Waals surface area contributed by atoms with Crippen molar-refractivity contribution in [3.8, 4) is 0 Å². The molecule has 1 aliphatic carbocycles. The summed E-state index contributed by atoms with van der Waals surface area (Å²) in [7, 11) is 0. The van der Waals surface area contributed by atoms with E-state index in [9.17, 15) is 4.55 Å². The summed E-state index contributed by atoms with van der Waals surface area (Å²) in [6.45, 7) is 4.09. The van der Waals surface area contributed by atoms with Gasteiger partial charge in [-0.3, -0.25) is 0 Å². The second kappa shape index (κ2) is 7.65. The van der Waals surface area contributed by atoms with Crippen LogP contribution in [0.25, 0.3) is 6.08 Å². The van der Waals surface area contributed by atoms with Gasteiger partial charge in [0.05, 0.1) is 5.92 Å². The van der Waals surface area contributed by atoms with Crippen molar-refractivity contribution in [1.82, 2.24) is 0 Å². The molecule has 3 atom stereocenters. The quantitative estimate of drug-likeness (QED) is 0.609. The van der Waals surface area contributed by atoms with Gasteiger partial charge in [0, 0.05) is 5.02 Å². The minimum atomic E-state index is -1.15. The van der Waals surface area contributed by atoms with Crippen molar-refractivity contribution in [2.24, 2.45) is 5.92 Å². The van der Waals surface area contributed by atoms with E-state index in [1.807, 2.05) is 73.7 Å². The zero-order valence-corrected chi connectivity index (χ0v) is 15.9. The topological polar surface area (TPSA) is 23.1 Å². The van der Waals surface area contributed by atoms with Gasteiger partial charge in [0.2, 0.25) is 0 Å². The van der Waals surface area contributed by atoms with Crippen LogP contribution in [-0.4, -0.2) is 9.30 Å². The second-order valence-electron chi connectivity index (χ2n) is 6.45. The van der Waals surface area contributed by atoms with E-state index in [-0.39, 0.29) is 5.92 Å². The van der Waals surface area contributed by atoms with Crippen LogP contribution >= 0.6 is 11.6 Å². The molecule has 25 heavy (non-hydrogen) atoms. The van der Waals surface area contributed by atoms with Crippen LogP contribution in [0.5, 0.6) is 0 Å². The van der Waals surface area contributed by atoms with Gasteiger partial charge in [-0.25, -0.2) is 0 Å². The molecule has 0 bridgehead atoms. The molecule has 3 heteroatoms. The summed E-state index contributed by atoms with van der Waals surface area (Å²) in [6, 6.07) is 15.7. The highest BCUT2D eigenvalue weighted by molar-refractivity contribution is 7.93. The maximum atomic E-state index is 13.3. The van der Waals surface area contributed by atoms with Crippen LogP contribution in [0.3, 0.4) is 0 Å². The lowest BCUT2D eigenvalue weighted by molar-refractivity contribution is 0.534. The summed E-state index contributed by atoms with van der Waals surface area (Å²) < 4.78 is 12.8. The average Bonchev–Trinajstić information content (AvgIpc) is 2.61. The van der Waals surface area contributed by atoms with E-state index in [1.54, 1.807) is 0 Å². The molecule has 1 nitrogen and oxygen atoms in total. The first-order valence-corrected chi connectivity index (χ1v) is 9.80. The van der Waals surface area contributed by atoms with E-state index < -0.39 is 15.9 Å². The lowest BCUT2D eigenvalue weighted by Gasteiger charge is -2.35. The van der Waals surface area contributed by atoms with Crippen molar-refractivity contribution in [2.45, 2.75) is 23.5 Å². The van der Waals surface area contributed by atoms with Crippen LogP contribution in [0.15, 0.2) is 83.8 Å². The lowest BCUT2D eigenvalue weighted by atomic mass is 9.88. The Labute approximate surface area is 157 Å². The minimum absolute atomic E-state index is 0.0404. The number of benzene rings is 2. The highest BCUT2D eigenvalue weighted by Gasteiger charge is 2.42. The Balaban J connectivity index is 1.88. The van der Waals surface area contributed by atoms with E-state index >= 15 is 0 Å². The van der Waals surface area contributed by atoms with Crippen molar-refractivity contribution in [3.05, 3.63) is 95.1 Å². The van der Waals surface area contributed by atoms with E-state index in [1.165, 1.54) is 5.56 Å². The zero-order chi connectivity index (χ0) is 17.9. The second-order valence-corrected chi connectivity index (χ2v) is 8.77. The highest BCUT2D eigenvalue weighted by atomic mass is 35.5. The molecule has 0 spiro atoms. The van der Waals surface area contributed by atoms with E-state index in [2.05, 4.69) is 25.2 Å². The molecule has 0 aromatic heterocycles. The molecule has 1 aliphatic rings. The van der Waals surface area contributed by atoms with E-state index in [0.717, 1.165) is 10.5 Å². The van der Waals surface area contributed by atoms with E-state index in [0.29, 0.717) is 5.02 Å². The summed E-state index contributed by atoms with van der Waals surface area (Å²) in [6.07, 6.45) is 12.3. The molecule has 0 saturated carbocycles. The Hall–Kier alpha value is -1.74. The molecule has 0 N–H and O–H groups in total. The molecular formula is C22H21ClOS. The number of hydrogen-bond donors (Lipinski definition) is 0. The fourth-order valence-electron chi connectivity index (χ4n) is 2.91. The summed E-state index contributed by atoms with van der Waals surface area (Å²) in [5, 5.41) is 0.715. The third-order valence-corrected chi connectivity index (χ3v) is 6.64. The maximum Gasteiger partial charge on any atom is 0.156 e. The van der Waals surface area contributed by atoms with Crippen LogP contribution in [0.4, 0.5) is 0 Å².